The van der Waals surface area contributed by atoms with Crippen LogP contribution in [-0.4, -0.2) is 22.7 Å². The molecule has 86 valence electrons. The quantitative estimate of drug-likeness (QED) is 0.486. The molecule has 0 saturated heterocycles. The van der Waals surface area contributed by atoms with Gasteiger partial charge in [-0.1, -0.05) is 0 Å². The molecular weight excluding hydrogens is 304 g/mol. The van der Waals surface area contributed by atoms with Gasteiger partial charge in [-0.05, 0) is 22.0 Å². The lowest BCUT2D eigenvalue weighted by Gasteiger charge is -2.05. The van der Waals surface area contributed by atoms with E-state index in [1.165, 1.54) is 0 Å². The summed E-state index contributed by atoms with van der Waals surface area (Å²) < 4.78 is 13.0. The van der Waals surface area contributed by atoms with E-state index in [9.17, 15) is 14.0 Å². The molecule has 0 fully saturated rings. The van der Waals surface area contributed by atoms with Gasteiger partial charge in [0.2, 0.25) is 0 Å². The van der Waals surface area contributed by atoms with E-state index in [0.29, 0.717) is 0 Å². The van der Waals surface area contributed by atoms with Gasteiger partial charge in [0.1, 0.15) is 10.5 Å². The first kappa shape index (κ1) is 12.9. The number of hydrogen-bond acceptors (Lipinski definition) is 3. The molecule has 0 atom stereocenters. The van der Waals surface area contributed by atoms with Crippen molar-refractivity contribution in [3.8, 4) is 0 Å². The van der Waals surface area contributed by atoms with E-state index in [2.05, 4.69) is 26.3 Å². The highest BCUT2D eigenvalue weighted by atomic mass is 79.9. The Bertz CT molecular complexity index is 430. The van der Waals surface area contributed by atoms with Gasteiger partial charge in [-0.25, -0.2) is 9.37 Å². The lowest BCUT2D eigenvalue weighted by molar-refractivity contribution is -0.119. The topological polar surface area (TPSA) is 71.1 Å². The van der Waals surface area contributed by atoms with E-state index < -0.39 is 17.6 Å². The van der Waals surface area contributed by atoms with E-state index in [0.717, 1.165) is 12.3 Å². The zero-order valence-electron chi connectivity index (χ0n) is 7.76. The summed E-state index contributed by atoms with van der Waals surface area (Å²) in [5.74, 6) is -2.21. The highest BCUT2D eigenvalue weighted by molar-refractivity contribution is 9.10. The smallest absolute Gasteiger partial charge is 0.271 e. The van der Waals surface area contributed by atoms with Crippen molar-refractivity contribution in [3.63, 3.8) is 0 Å². The van der Waals surface area contributed by atoms with Gasteiger partial charge in [-0.15, -0.1) is 11.6 Å². The van der Waals surface area contributed by atoms with E-state index >= 15 is 0 Å². The summed E-state index contributed by atoms with van der Waals surface area (Å²) in [5.41, 5.74) is 4.07. The van der Waals surface area contributed by atoms with Crippen molar-refractivity contribution in [2.45, 2.75) is 0 Å². The Kier molecular flexibility index (Phi) is 4.63. The van der Waals surface area contributed by atoms with E-state index in [1.54, 1.807) is 0 Å². The molecule has 1 heterocycles. The van der Waals surface area contributed by atoms with Crippen molar-refractivity contribution in [1.82, 2.24) is 15.8 Å². The summed E-state index contributed by atoms with van der Waals surface area (Å²) in [7, 11) is 0. The number of rotatable bonds is 2. The molecule has 0 aliphatic carbocycles. The third-order valence-electron chi connectivity index (χ3n) is 1.50. The largest absolute Gasteiger partial charge is 0.272 e. The second kappa shape index (κ2) is 5.76. The van der Waals surface area contributed by atoms with Gasteiger partial charge in [0.25, 0.3) is 11.8 Å². The molecule has 0 bridgehead atoms. The molecule has 2 amide bonds. The first-order chi connectivity index (χ1) is 7.54. The molecule has 0 unspecified atom stereocenters. The maximum atomic E-state index is 13.0. The molecule has 0 spiro atoms. The van der Waals surface area contributed by atoms with Crippen LogP contribution in [-0.2, 0) is 4.79 Å². The summed E-state index contributed by atoms with van der Waals surface area (Å²) in [4.78, 5) is 25.6. The summed E-state index contributed by atoms with van der Waals surface area (Å²) in [6.45, 7) is 0. The Balaban J connectivity index is 2.66. The van der Waals surface area contributed by atoms with E-state index in [4.69, 9.17) is 11.6 Å². The molecule has 5 nitrogen and oxygen atoms in total. The van der Waals surface area contributed by atoms with Gasteiger partial charge in [0.15, 0.2) is 5.82 Å². The van der Waals surface area contributed by atoms with Crippen LogP contribution in [0, 0.1) is 5.82 Å². The summed E-state index contributed by atoms with van der Waals surface area (Å²) in [5, 5.41) is 0. The predicted molar refractivity (Wildman–Crippen MR) is 58.2 cm³/mol. The molecule has 0 radical (unpaired) electrons. The number of pyridine rings is 1. The predicted octanol–water partition coefficient (Wildman–Crippen LogP) is 0.983. The normalized spacial score (nSPS) is 9.69. The van der Waals surface area contributed by atoms with Crippen LogP contribution in [0.1, 0.15) is 10.4 Å². The number of carbonyl (C=O) groups excluding carboxylic acids is 2. The van der Waals surface area contributed by atoms with Crippen LogP contribution in [0.5, 0.6) is 0 Å². The van der Waals surface area contributed by atoms with Crippen LogP contribution in [0.4, 0.5) is 4.39 Å². The number of nitrogens with zero attached hydrogens (tertiary/aromatic N) is 1. The fourth-order valence-corrected chi connectivity index (χ4v) is 1.06. The molecule has 0 saturated carbocycles. The molecule has 8 heteroatoms. The van der Waals surface area contributed by atoms with Gasteiger partial charge in [0.05, 0.1) is 5.56 Å². The average Bonchev–Trinajstić information content (AvgIpc) is 2.29. The van der Waals surface area contributed by atoms with E-state index in [1.807, 2.05) is 5.43 Å². The minimum absolute atomic E-state index is 0.00819. The Labute approximate surface area is 103 Å². The number of aromatic nitrogens is 1. The average molecular weight is 311 g/mol. The number of halogens is 3. The second-order valence-corrected chi connectivity index (χ2v) is 3.65. The minimum atomic E-state index is -0.683. The van der Waals surface area contributed by atoms with Crippen molar-refractivity contribution in [2.24, 2.45) is 0 Å². The molecule has 1 aromatic rings. The third kappa shape index (κ3) is 3.42. The van der Waals surface area contributed by atoms with Gasteiger partial charge in [0, 0.05) is 6.20 Å². The standard InChI is InChI=1S/C8H6BrClFN3O2/c9-7-5(11)1-4(3-12-7)8(16)14-13-6(15)2-10/h1,3H,2H2,(H,13,15)(H,14,16). The number of hydrazine groups is 1. The van der Waals surface area contributed by atoms with Gasteiger partial charge in [-0.2, -0.15) is 0 Å². The van der Waals surface area contributed by atoms with Crippen molar-refractivity contribution >= 4 is 39.3 Å². The zero-order valence-corrected chi connectivity index (χ0v) is 10.1. The molecular formula is C8H6BrClFN3O2. The number of carbonyl (C=O) groups is 2. The zero-order chi connectivity index (χ0) is 12.1. The van der Waals surface area contributed by atoms with Crippen molar-refractivity contribution < 1.29 is 14.0 Å². The first-order valence-corrected chi connectivity index (χ1v) is 5.33. The van der Waals surface area contributed by atoms with Crippen LogP contribution < -0.4 is 10.9 Å². The molecule has 0 aromatic carbocycles. The molecule has 1 rings (SSSR count). The van der Waals surface area contributed by atoms with Crippen molar-refractivity contribution in [3.05, 3.63) is 28.2 Å². The molecule has 1 aromatic heterocycles. The van der Waals surface area contributed by atoms with Crippen LogP contribution >= 0.6 is 27.5 Å². The van der Waals surface area contributed by atoms with Crippen LogP contribution in [0.25, 0.3) is 0 Å². The summed E-state index contributed by atoms with van der Waals surface area (Å²) in [6.07, 6.45) is 1.16. The summed E-state index contributed by atoms with van der Waals surface area (Å²) in [6, 6.07) is 0.985. The SMILES string of the molecule is O=C(CCl)NNC(=O)c1cnc(Br)c(F)c1. The number of nitrogens with one attached hydrogen (secondary N) is 2. The van der Waals surface area contributed by atoms with Crippen LogP contribution in [0.2, 0.25) is 0 Å². The van der Waals surface area contributed by atoms with E-state index in [-0.39, 0.29) is 16.0 Å². The van der Waals surface area contributed by atoms with Crippen LogP contribution in [0.3, 0.4) is 0 Å². The molecule has 16 heavy (non-hydrogen) atoms. The first-order valence-electron chi connectivity index (χ1n) is 4.00. The maximum absolute atomic E-state index is 13.0. The minimum Gasteiger partial charge on any atom is -0.272 e. The highest BCUT2D eigenvalue weighted by Crippen LogP contribution is 2.12. The van der Waals surface area contributed by atoms with Gasteiger partial charge in [-0.3, -0.25) is 20.4 Å². The fourth-order valence-electron chi connectivity index (χ4n) is 0.777. The number of hydrogen-bond donors (Lipinski definition) is 2. The second-order valence-electron chi connectivity index (χ2n) is 2.63. The van der Waals surface area contributed by atoms with Crippen LogP contribution in [0.15, 0.2) is 16.9 Å². The molecule has 2 N–H and O–H groups in total. The van der Waals surface area contributed by atoms with Gasteiger partial charge >= 0.3 is 0 Å². The van der Waals surface area contributed by atoms with Gasteiger partial charge < -0.3 is 0 Å². The maximum Gasteiger partial charge on any atom is 0.271 e. The number of amides is 2. The lowest BCUT2D eigenvalue weighted by atomic mass is 10.3. The summed E-state index contributed by atoms with van der Waals surface area (Å²) >= 11 is 8.03. The molecule has 0 aliphatic rings. The monoisotopic (exact) mass is 309 g/mol. The Morgan fingerprint density at radius 2 is 2.19 bits per heavy atom. The Hall–Kier alpha value is -1.21. The Morgan fingerprint density at radius 1 is 1.50 bits per heavy atom. The molecule has 0 aliphatic heterocycles. The lowest BCUT2D eigenvalue weighted by Crippen LogP contribution is -2.42. The fraction of sp³-hybridized carbons (Fsp3) is 0.125. The third-order valence-corrected chi connectivity index (χ3v) is 2.32. The highest BCUT2D eigenvalue weighted by Gasteiger charge is 2.10. The number of alkyl halides is 1. The van der Waals surface area contributed by atoms with Crippen molar-refractivity contribution in [1.29, 1.82) is 0 Å². The van der Waals surface area contributed by atoms with Crippen molar-refractivity contribution in [2.75, 3.05) is 5.88 Å². The Morgan fingerprint density at radius 3 is 2.75 bits per heavy atom.